The molecule has 2 unspecified atom stereocenters. The predicted molar refractivity (Wildman–Crippen MR) is 71.9 cm³/mol. The molecule has 0 amide bonds. The molecule has 18 heavy (non-hydrogen) atoms. The molecule has 1 fully saturated rings. The lowest BCUT2D eigenvalue weighted by atomic mass is 10.1. The maximum atomic E-state index is 5.76. The van der Waals surface area contributed by atoms with Crippen molar-refractivity contribution in [3.63, 3.8) is 0 Å². The van der Waals surface area contributed by atoms with E-state index < -0.39 is 0 Å². The highest BCUT2D eigenvalue weighted by Gasteiger charge is 2.29. The number of hydrogen-bond donors (Lipinski definition) is 1. The predicted octanol–water partition coefficient (Wildman–Crippen LogP) is 1.36. The van der Waals surface area contributed by atoms with Crippen LogP contribution < -0.4 is 15.4 Å². The molecule has 0 bridgehead atoms. The number of hydrogen-bond acceptors (Lipinski definition) is 5. The Morgan fingerprint density at radius 2 is 2.28 bits per heavy atom. The Balaban J connectivity index is 2.22. The third-order valence-corrected chi connectivity index (χ3v) is 3.38. The van der Waals surface area contributed by atoms with E-state index in [1.807, 2.05) is 19.9 Å². The Bertz CT molecular complexity index is 410. The molecule has 2 rings (SSSR count). The maximum Gasteiger partial charge on any atom is 0.218 e. The summed E-state index contributed by atoms with van der Waals surface area (Å²) in [7, 11) is 0. The normalized spacial score (nSPS) is 23.4. The molecule has 1 aliphatic rings. The van der Waals surface area contributed by atoms with Gasteiger partial charge in [-0.05, 0) is 39.7 Å². The monoisotopic (exact) mass is 250 g/mol. The van der Waals surface area contributed by atoms with Crippen molar-refractivity contribution in [2.45, 2.75) is 33.2 Å². The van der Waals surface area contributed by atoms with Crippen LogP contribution in [-0.2, 0) is 0 Å². The smallest absolute Gasteiger partial charge is 0.218 e. The van der Waals surface area contributed by atoms with E-state index in [0.717, 1.165) is 31.2 Å². The summed E-state index contributed by atoms with van der Waals surface area (Å²) in [5, 5.41) is 0. The molecule has 0 aromatic carbocycles. The van der Waals surface area contributed by atoms with Crippen molar-refractivity contribution in [1.29, 1.82) is 0 Å². The minimum atomic E-state index is 0.474. The van der Waals surface area contributed by atoms with Crippen molar-refractivity contribution in [1.82, 2.24) is 9.97 Å². The van der Waals surface area contributed by atoms with Crippen LogP contribution in [0.3, 0.4) is 0 Å². The summed E-state index contributed by atoms with van der Waals surface area (Å²) in [4.78, 5) is 11.1. The summed E-state index contributed by atoms with van der Waals surface area (Å²) in [6.45, 7) is 8.40. The van der Waals surface area contributed by atoms with Gasteiger partial charge in [0.05, 0.1) is 6.61 Å². The SMILES string of the molecule is CCOc1cc(N2CC(CN)CC2C)nc(C)n1. The Kier molecular flexibility index (Phi) is 4.01. The van der Waals surface area contributed by atoms with Crippen molar-refractivity contribution < 1.29 is 4.74 Å². The van der Waals surface area contributed by atoms with Gasteiger partial charge in [-0.1, -0.05) is 0 Å². The van der Waals surface area contributed by atoms with Crippen molar-refractivity contribution in [3.8, 4) is 5.88 Å². The molecule has 0 radical (unpaired) electrons. The minimum absolute atomic E-state index is 0.474. The van der Waals surface area contributed by atoms with E-state index in [-0.39, 0.29) is 0 Å². The lowest BCUT2D eigenvalue weighted by Crippen LogP contribution is -2.28. The summed E-state index contributed by atoms with van der Waals surface area (Å²) >= 11 is 0. The molecular weight excluding hydrogens is 228 g/mol. The molecular formula is C13H22N4O. The first kappa shape index (κ1) is 13.1. The number of rotatable bonds is 4. The van der Waals surface area contributed by atoms with Crippen molar-refractivity contribution >= 4 is 5.82 Å². The zero-order valence-corrected chi connectivity index (χ0v) is 11.4. The summed E-state index contributed by atoms with van der Waals surface area (Å²) < 4.78 is 5.47. The van der Waals surface area contributed by atoms with Crippen LogP contribution in [0.25, 0.3) is 0 Å². The summed E-state index contributed by atoms with van der Waals surface area (Å²) in [6, 6.07) is 2.40. The second-order valence-corrected chi connectivity index (χ2v) is 4.88. The van der Waals surface area contributed by atoms with Crippen LogP contribution in [0.1, 0.15) is 26.1 Å². The number of aromatic nitrogens is 2. The van der Waals surface area contributed by atoms with Crippen molar-refractivity contribution in [3.05, 3.63) is 11.9 Å². The second kappa shape index (κ2) is 5.52. The topological polar surface area (TPSA) is 64.3 Å². The molecule has 1 aromatic heterocycles. The van der Waals surface area contributed by atoms with Crippen LogP contribution >= 0.6 is 0 Å². The average Bonchev–Trinajstić information content (AvgIpc) is 2.70. The van der Waals surface area contributed by atoms with Crippen LogP contribution in [0.2, 0.25) is 0 Å². The van der Waals surface area contributed by atoms with E-state index in [4.69, 9.17) is 10.5 Å². The molecule has 5 nitrogen and oxygen atoms in total. The summed E-state index contributed by atoms with van der Waals surface area (Å²) in [5.41, 5.74) is 5.76. The highest BCUT2D eigenvalue weighted by molar-refractivity contribution is 5.44. The molecule has 100 valence electrons. The molecule has 1 aromatic rings. The Morgan fingerprint density at radius 3 is 2.89 bits per heavy atom. The third-order valence-electron chi connectivity index (χ3n) is 3.38. The van der Waals surface area contributed by atoms with E-state index in [1.54, 1.807) is 0 Å². The number of nitrogens with zero attached hydrogens (tertiary/aromatic N) is 3. The molecule has 1 saturated heterocycles. The number of nitrogens with two attached hydrogens (primary N) is 1. The van der Waals surface area contributed by atoms with E-state index >= 15 is 0 Å². The fourth-order valence-electron chi connectivity index (χ4n) is 2.53. The fraction of sp³-hybridized carbons (Fsp3) is 0.692. The van der Waals surface area contributed by atoms with Crippen molar-refractivity contribution in [2.24, 2.45) is 11.7 Å². The van der Waals surface area contributed by atoms with Gasteiger partial charge in [0, 0.05) is 18.7 Å². The standard InChI is InChI=1S/C13H22N4O/c1-4-18-13-6-12(15-10(3)16-13)17-8-11(7-14)5-9(17)2/h6,9,11H,4-5,7-8,14H2,1-3H3. The van der Waals surface area contributed by atoms with Gasteiger partial charge >= 0.3 is 0 Å². The van der Waals surface area contributed by atoms with Gasteiger partial charge in [-0.2, -0.15) is 4.98 Å². The van der Waals surface area contributed by atoms with E-state index in [2.05, 4.69) is 21.8 Å². The Hall–Kier alpha value is -1.36. The van der Waals surface area contributed by atoms with E-state index in [9.17, 15) is 0 Å². The van der Waals surface area contributed by atoms with Gasteiger partial charge in [0.25, 0.3) is 0 Å². The number of aryl methyl sites for hydroxylation is 1. The minimum Gasteiger partial charge on any atom is -0.478 e. The first-order chi connectivity index (χ1) is 8.63. The average molecular weight is 250 g/mol. The summed E-state index contributed by atoms with van der Waals surface area (Å²) in [6.07, 6.45) is 1.13. The molecule has 2 atom stereocenters. The van der Waals surface area contributed by atoms with Gasteiger partial charge < -0.3 is 15.4 Å². The van der Waals surface area contributed by atoms with E-state index in [1.165, 1.54) is 0 Å². The largest absolute Gasteiger partial charge is 0.478 e. The van der Waals surface area contributed by atoms with Gasteiger partial charge in [-0.15, -0.1) is 0 Å². The zero-order valence-electron chi connectivity index (χ0n) is 11.4. The first-order valence-electron chi connectivity index (χ1n) is 6.59. The molecule has 0 saturated carbocycles. The molecule has 0 aliphatic carbocycles. The lowest BCUT2D eigenvalue weighted by molar-refractivity contribution is 0.325. The highest BCUT2D eigenvalue weighted by Crippen LogP contribution is 2.28. The van der Waals surface area contributed by atoms with Gasteiger partial charge in [-0.25, -0.2) is 4.98 Å². The molecule has 2 N–H and O–H groups in total. The van der Waals surface area contributed by atoms with Gasteiger partial charge in [0.2, 0.25) is 5.88 Å². The lowest BCUT2D eigenvalue weighted by Gasteiger charge is -2.23. The molecule has 1 aliphatic heterocycles. The molecule has 5 heteroatoms. The van der Waals surface area contributed by atoms with Crippen LogP contribution in [0.4, 0.5) is 5.82 Å². The quantitative estimate of drug-likeness (QED) is 0.874. The zero-order chi connectivity index (χ0) is 13.1. The number of anilines is 1. The Morgan fingerprint density at radius 1 is 1.50 bits per heavy atom. The highest BCUT2D eigenvalue weighted by atomic mass is 16.5. The maximum absolute atomic E-state index is 5.76. The summed E-state index contributed by atoms with van der Waals surface area (Å²) in [5.74, 6) is 2.92. The molecule has 0 spiro atoms. The van der Waals surface area contributed by atoms with Gasteiger partial charge in [0.1, 0.15) is 11.6 Å². The Labute approximate surface area is 108 Å². The van der Waals surface area contributed by atoms with E-state index in [0.29, 0.717) is 24.4 Å². The van der Waals surface area contributed by atoms with Crippen LogP contribution in [0.5, 0.6) is 5.88 Å². The van der Waals surface area contributed by atoms with Gasteiger partial charge in [0.15, 0.2) is 0 Å². The molecule has 2 heterocycles. The van der Waals surface area contributed by atoms with Crippen LogP contribution in [0, 0.1) is 12.8 Å². The third kappa shape index (κ3) is 2.72. The van der Waals surface area contributed by atoms with Crippen LogP contribution in [-0.4, -0.2) is 35.7 Å². The van der Waals surface area contributed by atoms with Crippen LogP contribution in [0.15, 0.2) is 6.07 Å². The fourth-order valence-corrected chi connectivity index (χ4v) is 2.53. The van der Waals surface area contributed by atoms with Gasteiger partial charge in [-0.3, -0.25) is 0 Å². The first-order valence-corrected chi connectivity index (χ1v) is 6.59. The number of ether oxygens (including phenoxy) is 1. The second-order valence-electron chi connectivity index (χ2n) is 4.88. The van der Waals surface area contributed by atoms with Crippen molar-refractivity contribution in [2.75, 3.05) is 24.6 Å².